The van der Waals surface area contributed by atoms with Gasteiger partial charge in [-0.1, -0.05) is 5.10 Å². The van der Waals surface area contributed by atoms with Gasteiger partial charge in [-0.05, 0) is 19.8 Å². The monoisotopic (exact) mass is 263 g/mol. The zero-order valence-corrected chi connectivity index (χ0v) is 10.9. The van der Waals surface area contributed by atoms with Crippen molar-refractivity contribution in [3.05, 3.63) is 23.8 Å². The Morgan fingerprint density at radius 3 is 3.16 bits per heavy atom. The zero-order chi connectivity index (χ0) is 13.1. The lowest BCUT2D eigenvalue weighted by molar-refractivity contribution is 0.0897. The van der Waals surface area contributed by atoms with E-state index in [2.05, 4.69) is 27.5 Å². The van der Waals surface area contributed by atoms with E-state index in [1.807, 2.05) is 17.1 Å². The van der Waals surface area contributed by atoms with Crippen LogP contribution in [0, 0.1) is 0 Å². The molecular formula is C12H17N5O2. The quantitative estimate of drug-likeness (QED) is 0.885. The van der Waals surface area contributed by atoms with E-state index in [1.54, 1.807) is 0 Å². The number of aryl methyl sites for hydroxylation is 1. The minimum absolute atomic E-state index is 0.0362. The first kappa shape index (κ1) is 12.2. The van der Waals surface area contributed by atoms with Crippen LogP contribution in [0.3, 0.4) is 0 Å². The van der Waals surface area contributed by atoms with Crippen LogP contribution in [0.2, 0.25) is 0 Å². The predicted octanol–water partition coefficient (Wildman–Crippen LogP) is 1.75. The molecule has 0 saturated carbocycles. The second-order valence-electron chi connectivity index (χ2n) is 4.50. The molecule has 0 unspecified atom stereocenters. The predicted molar refractivity (Wildman–Crippen MR) is 67.5 cm³/mol. The molecule has 102 valence electrons. The van der Waals surface area contributed by atoms with Crippen LogP contribution < -0.4 is 5.32 Å². The molecule has 0 bridgehead atoms. The van der Waals surface area contributed by atoms with E-state index in [9.17, 15) is 0 Å². The van der Waals surface area contributed by atoms with Gasteiger partial charge in [-0.2, -0.15) is 5.10 Å². The molecule has 1 aliphatic heterocycles. The highest BCUT2D eigenvalue weighted by Crippen LogP contribution is 2.28. The van der Waals surface area contributed by atoms with Crippen molar-refractivity contribution in [2.75, 3.05) is 11.9 Å². The molecular weight excluding hydrogens is 246 g/mol. The van der Waals surface area contributed by atoms with E-state index in [0.29, 0.717) is 18.5 Å². The van der Waals surface area contributed by atoms with E-state index in [-0.39, 0.29) is 6.10 Å². The highest BCUT2D eigenvalue weighted by molar-refractivity contribution is 5.21. The van der Waals surface area contributed by atoms with Gasteiger partial charge < -0.3 is 14.5 Å². The summed E-state index contributed by atoms with van der Waals surface area (Å²) in [5.41, 5.74) is 1.08. The first-order valence-corrected chi connectivity index (χ1v) is 6.55. The number of hydrogen-bond acceptors (Lipinski definition) is 6. The van der Waals surface area contributed by atoms with E-state index in [0.717, 1.165) is 31.6 Å². The van der Waals surface area contributed by atoms with Crippen LogP contribution >= 0.6 is 0 Å². The van der Waals surface area contributed by atoms with Gasteiger partial charge in [-0.15, -0.1) is 5.10 Å². The molecule has 2 aromatic heterocycles. The zero-order valence-electron chi connectivity index (χ0n) is 10.9. The third-order valence-electron chi connectivity index (χ3n) is 3.10. The molecule has 1 saturated heterocycles. The highest BCUT2D eigenvalue weighted by Gasteiger charge is 2.23. The molecule has 7 nitrogen and oxygen atoms in total. The Labute approximate surface area is 111 Å². The number of nitrogens with one attached hydrogen (secondary N) is 1. The average molecular weight is 263 g/mol. The molecule has 0 spiro atoms. The summed E-state index contributed by atoms with van der Waals surface area (Å²) < 4.78 is 12.9. The van der Waals surface area contributed by atoms with Crippen LogP contribution in [0.25, 0.3) is 0 Å². The maximum Gasteiger partial charge on any atom is 0.315 e. The van der Waals surface area contributed by atoms with Crippen molar-refractivity contribution in [2.45, 2.75) is 39.0 Å². The Bertz CT molecular complexity index is 530. The summed E-state index contributed by atoms with van der Waals surface area (Å²) in [6.45, 7) is 4.30. The molecule has 1 atom stereocenters. The molecule has 1 fully saturated rings. The van der Waals surface area contributed by atoms with Gasteiger partial charge in [0.05, 0.1) is 6.20 Å². The van der Waals surface area contributed by atoms with Gasteiger partial charge in [-0.25, -0.2) is 0 Å². The van der Waals surface area contributed by atoms with E-state index in [4.69, 9.17) is 9.15 Å². The molecule has 3 heterocycles. The van der Waals surface area contributed by atoms with Crippen molar-refractivity contribution in [1.82, 2.24) is 20.0 Å². The minimum Gasteiger partial charge on any atom is -0.405 e. The average Bonchev–Trinajstić information content (AvgIpc) is 3.16. The lowest BCUT2D eigenvalue weighted by atomic mass is 10.2. The largest absolute Gasteiger partial charge is 0.405 e. The van der Waals surface area contributed by atoms with Crippen molar-refractivity contribution < 1.29 is 9.15 Å². The molecule has 0 radical (unpaired) electrons. The van der Waals surface area contributed by atoms with Crippen molar-refractivity contribution in [3.8, 4) is 0 Å². The fourth-order valence-electron chi connectivity index (χ4n) is 2.06. The van der Waals surface area contributed by atoms with Crippen molar-refractivity contribution in [3.63, 3.8) is 0 Å². The van der Waals surface area contributed by atoms with E-state index in [1.165, 1.54) is 0 Å². The number of nitrogens with zero attached hydrogens (tertiary/aromatic N) is 4. The molecule has 0 amide bonds. The summed E-state index contributed by atoms with van der Waals surface area (Å²) in [4.78, 5) is 0. The first-order valence-electron chi connectivity index (χ1n) is 6.55. The van der Waals surface area contributed by atoms with Gasteiger partial charge in [-0.3, -0.25) is 4.68 Å². The SMILES string of the molecule is CCn1cc(CNc2nnc([C@@H]3CCCO3)o2)cn1. The second kappa shape index (κ2) is 5.40. The van der Waals surface area contributed by atoms with Gasteiger partial charge in [0.15, 0.2) is 0 Å². The number of aromatic nitrogens is 4. The normalized spacial score (nSPS) is 18.9. The maximum atomic E-state index is 5.54. The van der Waals surface area contributed by atoms with E-state index < -0.39 is 0 Å². The Hall–Kier alpha value is -1.89. The topological polar surface area (TPSA) is 78.0 Å². The van der Waals surface area contributed by atoms with Crippen molar-refractivity contribution >= 4 is 6.01 Å². The Balaban J connectivity index is 1.57. The van der Waals surface area contributed by atoms with Gasteiger partial charge in [0.1, 0.15) is 6.10 Å². The molecule has 0 aromatic carbocycles. The number of rotatable bonds is 5. The third-order valence-corrected chi connectivity index (χ3v) is 3.10. The molecule has 3 rings (SSSR count). The fraction of sp³-hybridized carbons (Fsp3) is 0.583. The van der Waals surface area contributed by atoms with Crippen LogP contribution in [-0.4, -0.2) is 26.6 Å². The maximum absolute atomic E-state index is 5.54. The van der Waals surface area contributed by atoms with Crippen LogP contribution in [0.4, 0.5) is 6.01 Å². The van der Waals surface area contributed by atoms with Crippen LogP contribution in [0.15, 0.2) is 16.8 Å². The van der Waals surface area contributed by atoms with E-state index >= 15 is 0 Å². The second-order valence-corrected chi connectivity index (χ2v) is 4.50. The molecule has 7 heteroatoms. The van der Waals surface area contributed by atoms with Gasteiger partial charge in [0.2, 0.25) is 5.89 Å². The molecule has 1 N–H and O–H groups in total. The number of anilines is 1. The lowest BCUT2D eigenvalue weighted by Gasteiger charge is -2.02. The fourth-order valence-corrected chi connectivity index (χ4v) is 2.06. The van der Waals surface area contributed by atoms with Crippen molar-refractivity contribution in [1.29, 1.82) is 0 Å². The Kier molecular flexibility index (Phi) is 3.45. The molecule has 2 aromatic rings. The van der Waals surface area contributed by atoms with Gasteiger partial charge >= 0.3 is 6.01 Å². The number of hydrogen-bond donors (Lipinski definition) is 1. The lowest BCUT2D eigenvalue weighted by Crippen LogP contribution is -1.99. The third kappa shape index (κ3) is 2.76. The summed E-state index contributed by atoms with van der Waals surface area (Å²) in [5.74, 6) is 0.559. The first-order chi connectivity index (χ1) is 9.35. The minimum atomic E-state index is -0.0362. The van der Waals surface area contributed by atoms with Crippen molar-refractivity contribution in [2.24, 2.45) is 0 Å². The summed E-state index contributed by atoms with van der Waals surface area (Å²) in [6, 6.07) is 0.426. The molecule has 0 aliphatic carbocycles. The Morgan fingerprint density at radius 1 is 1.47 bits per heavy atom. The summed E-state index contributed by atoms with van der Waals surface area (Å²) in [6.07, 6.45) is 5.78. The summed E-state index contributed by atoms with van der Waals surface area (Å²) in [7, 11) is 0. The highest BCUT2D eigenvalue weighted by atomic mass is 16.5. The molecule has 19 heavy (non-hydrogen) atoms. The van der Waals surface area contributed by atoms with Crippen LogP contribution in [0.5, 0.6) is 0 Å². The van der Waals surface area contributed by atoms with Crippen LogP contribution in [-0.2, 0) is 17.8 Å². The Morgan fingerprint density at radius 2 is 2.42 bits per heavy atom. The molecule has 1 aliphatic rings. The summed E-state index contributed by atoms with van der Waals surface area (Å²) in [5, 5.41) is 15.3. The van der Waals surface area contributed by atoms with Gasteiger partial charge in [0.25, 0.3) is 0 Å². The summed E-state index contributed by atoms with van der Waals surface area (Å²) >= 11 is 0. The van der Waals surface area contributed by atoms with Crippen LogP contribution in [0.1, 0.15) is 37.3 Å². The standard InChI is InChI=1S/C12H17N5O2/c1-2-17-8-9(7-14-17)6-13-12-16-15-11(19-12)10-4-3-5-18-10/h7-8,10H,2-6H2,1H3,(H,13,16)/t10-/m0/s1. The number of ether oxygens (including phenoxy) is 1. The smallest absolute Gasteiger partial charge is 0.315 e. The van der Waals surface area contributed by atoms with Gasteiger partial charge in [0, 0.05) is 31.5 Å².